The summed E-state index contributed by atoms with van der Waals surface area (Å²) in [6, 6.07) is 7.49. The van der Waals surface area contributed by atoms with Gasteiger partial charge in [0.05, 0.1) is 13.2 Å². The molecule has 0 unspecified atom stereocenters. The fraction of sp³-hybridized carbons (Fsp3) is 0.556. The number of hydrogen-bond donors (Lipinski definition) is 1. The summed E-state index contributed by atoms with van der Waals surface area (Å²) in [5, 5.41) is 2.90. The topological polar surface area (TPSA) is 61.9 Å². The molecule has 6 heteroatoms. The van der Waals surface area contributed by atoms with E-state index >= 15 is 0 Å². The van der Waals surface area contributed by atoms with Crippen molar-refractivity contribution in [1.29, 1.82) is 0 Å². The van der Waals surface area contributed by atoms with E-state index in [1.54, 1.807) is 11.8 Å². The average Bonchev–Trinajstić information content (AvgIpc) is 2.58. The summed E-state index contributed by atoms with van der Waals surface area (Å²) in [6.07, 6.45) is 0. The number of ether oxygens (including phenoxy) is 1. The van der Waals surface area contributed by atoms with Crippen LogP contribution < -0.4 is 5.32 Å². The number of morpholine rings is 1. The first-order valence-electron chi connectivity index (χ1n) is 8.47. The van der Waals surface area contributed by atoms with Crippen LogP contribution >= 0.6 is 0 Å². The van der Waals surface area contributed by atoms with E-state index in [2.05, 4.69) is 10.2 Å². The molecule has 0 atom stereocenters. The molecule has 132 valence electrons. The Kier molecular flexibility index (Phi) is 7.21. The standard InChI is InChI=1S/C18H27N3O3/c1-15-5-3-4-6-17(15)18(23)19-7-8-21(16(2)22)10-9-20-11-13-24-14-12-20/h3-6H,7-14H2,1-2H3,(H,19,23). The van der Waals surface area contributed by atoms with Crippen LogP contribution in [0.25, 0.3) is 0 Å². The van der Waals surface area contributed by atoms with E-state index in [1.165, 1.54) is 0 Å². The Morgan fingerprint density at radius 3 is 2.58 bits per heavy atom. The highest BCUT2D eigenvalue weighted by Crippen LogP contribution is 2.06. The lowest BCUT2D eigenvalue weighted by Gasteiger charge is -2.29. The van der Waals surface area contributed by atoms with Gasteiger partial charge in [-0.25, -0.2) is 0 Å². The molecular weight excluding hydrogens is 306 g/mol. The van der Waals surface area contributed by atoms with E-state index in [4.69, 9.17) is 4.74 Å². The van der Waals surface area contributed by atoms with Crippen LogP contribution in [0.5, 0.6) is 0 Å². The maximum absolute atomic E-state index is 12.2. The smallest absolute Gasteiger partial charge is 0.251 e. The zero-order chi connectivity index (χ0) is 17.4. The lowest BCUT2D eigenvalue weighted by Crippen LogP contribution is -2.44. The van der Waals surface area contributed by atoms with E-state index in [0.717, 1.165) is 38.4 Å². The van der Waals surface area contributed by atoms with Crippen LogP contribution in [0.1, 0.15) is 22.8 Å². The first kappa shape index (κ1) is 18.4. The van der Waals surface area contributed by atoms with Crippen LogP contribution in [0.15, 0.2) is 24.3 Å². The molecule has 2 amide bonds. The predicted molar refractivity (Wildman–Crippen MR) is 93.0 cm³/mol. The van der Waals surface area contributed by atoms with Crippen molar-refractivity contribution >= 4 is 11.8 Å². The van der Waals surface area contributed by atoms with Gasteiger partial charge in [-0.1, -0.05) is 18.2 Å². The van der Waals surface area contributed by atoms with Crippen LogP contribution in [0.4, 0.5) is 0 Å². The summed E-state index contributed by atoms with van der Waals surface area (Å²) < 4.78 is 5.33. The van der Waals surface area contributed by atoms with Crippen LogP contribution in [0.2, 0.25) is 0 Å². The van der Waals surface area contributed by atoms with Crippen LogP contribution in [-0.4, -0.2) is 74.1 Å². The Morgan fingerprint density at radius 1 is 1.21 bits per heavy atom. The van der Waals surface area contributed by atoms with E-state index in [1.807, 2.05) is 31.2 Å². The normalized spacial score (nSPS) is 15.1. The number of benzene rings is 1. The van der Waals surface area contributed by atoms with Gasteiger partial charge < -0.3 is 15.0 Å². The third kappa shape index (κ3) is 5.62. The number of nitrogens with one attached hydrogen (secondary N) is 1. The fourth-order valence-electron chi connectivity index (χ4n) is 2.74. The fourth-order valence-corrected chi connectivity index (χ4v) is 2.74. The van der Waals surface area contributed by atoms with Crippen molar-refractivity contribution in [3.8, 4) is 0 Å². The summed E-state index contributed by atoms with van der Waals surface area (Å²) in [4.78, 5) is 28.1. The number of rotatable bonds is 7. The molecule has 1 fully saturated rings. The Bertz CT molecular complexity index is 556. The molecule has 1 heterocycles. The molecular formula is C18H27N3O3. The maximum atomic E-state index is 12.2. The van der Waals surface area contributed by atoms with Crippen LogP contribution in [-0.2, 0) is 9.53 Å². The Hall–Kier alpha value is -1.92. The van der Waals surface area contributed by atoms with Gasteiger partial charge in [0, 0.05) is 51.8 Å². The first-order chi connectivity index (χ1) is 11.6. The second kappa shape index (κ2) is 9.39. The second-order valence-corrected chi connectivity index (χ2v) is 6.03. The van der Waals surface area contributed by atoms with Gasteiger partial charge in [0.2, 0.25) is 5.91 Å². The predicted octanol–water partition coefficient (Wildman–Crippen LogP) is 0.906. The molecule has 0 bridgehead atoms. The van der Waals surface area contributed by atoms with Gasteiger partial charge >= 0.3 is 0 Å². The highest BCUT2D eigenvalue weighted by molar-refractivity contribution is 5.95. The summed E-state index contributed by atoms with van der Waals surface area (Å²) in [5.74, 6) is -0.0572. The van der Waals surface area contributed by atoms with Gasteiger partial charge in [-0.2, -0.15) is 0 Å². The average molecular weight is 333 g/mol. The number of aryl methyl sites for hydroxylation is 1. The molecule has 0 saturated carbocycles. The Balaban J connectivity index is 1.75. The van der Waals surface area contributed by atoms with Crippen molar-refractivity contribution in [3.63, 3.8) is 0 Å². The van der Waals surface area contributed by atoms with Crippen molar-refractivity contribution < 1.29 is 14.3 Å². The van der Waals surface area contributed by atoms with Crippen molar-refractivity contribution in [1.82, 2.24) is 15.1 Å². The molecule has 1 aliphatic heterocycles. The maximum Gasteiger partial charge on any atom is 0.251 e. The molecule has 24 heavy (non-hydrogen) atoms. The number of amides is 2. The molecule has 0 spiro atoms. The molecule has 1 aromatic carbocycles. The van der Waals surface area contributed by atoms with Crippen LogP contribution in [0, 0.1) is 6.92 Å². The highest BCUT2D eigenvalue weighted by atomic mass is 16.5. The lowest BCUT2D eigenvalue weighted by atomic mass is 10.1. The molecule has 1 N–H and O–H groups in total. The molecule has 1 saturated heterocycles. The number of nitrogens with zero attached hydrogens (tertiary/aromatic N) is 2. The minimum absolute atomic E-state index is 0.0356. The van der Waals surface area contributed by atoms with Gasteiger partial charge in [0.15, 0.2) is 0 Å². The van der Waals surface area contributed by atoms with Crippen molar-refractivity contribution in [3.05, 3.63) is 35.4 Å². The third-order valence-electron chi connectivity index (χ3n) is 4.29. The number of hydrogen-bond acceptors (Lipinski definition) is 4. The monoisotopic (exact) mass is 333 g/mol. The Labute approximate surface area is 143 Å². The molecule has 0 aromatic heterocycles. The quantitative estimate of drug-likeness (QED) is 0.805. The number of carbonyl (C=O) groups is 2. The largest absolute Gasteiger partial charge is 0.379 e. The SMILES string of the molecule is CC(=O)N(CCNC(=O)c1ccccc1C)CCN1CCOCC1. The van der Waals surface area contributed by atoms with E-state index in [-0.39, 0.29) is 11.8 Å². The van der Waals surface area contributed by atoms with Gasteiger partial charge in [-0.15, -0.1) is 0 Å². The molecule has 2 rings (SSSR count). The Morgan fingerprint density at radius 2 is 1.92 bits per heavy atom. The highest BCUT2D eigenvalue weighted by Gasteiger charge is 2.14. The summed E-state index contributed by atoms with van der Waals surface area (Å²) in [6.45, 7) is 9.32. The van der Waals surface area contributed by atoms with Gasteiger partial charge in [-0.3, -0.25) is 14.5 Å². The van der Waals surface area contributed by atoms with Crippen LogP contribution in [0.3, 0.4) is 0 Å². The lowest BCUT2D eigenvalue weighted by molar-refractivity contribution is -0.129. The summed E-state index contributed by atoms with van der Waals surface area (Å²) >= 11 is 0. The zero-order valence-corrected chi connectivity index (χ0v) is 14.6. The molecule has 1 aromatic rings. The minimum Gasteiger partial charge on any atom is -0.379 e. The number of carbonyl (C=O) groups excluding carboxylic acids is 2. The minimum atomic E-state index is -0.0928. The molecule has 0 radical (unpaired) electrons. The molecule has 1 aliphatic rings. The third-order valence-corrected chi connectivity index (χ3v) is 4.29. The summed E-state index contributed by atoms with van der Waals surface area (Å²) in [5.41, 5.74) is 1.63. The van der Waals surface area contributed by atoms with Crippen molar-refractivity contribution in [2.24, 2.45) is 0 Å². The van der Waals surface area contributed by atoms with Crippen molar-refractivity contribution in [2.45, 2.75) is 13.8 Å². The van der Waals surface area contributed by atoms with Crippen molar-refractivity contribution in [2.75, 3.05) is 52.5 Å². The summed E-state index contributed by atoms with van der Waals surface area (Å²) in [7, 11) is 0. The first-order valence-corrected chi connectivity index (χ1v) is 8.47. The van der Waals surface area contributed by atoms with E-state index < -0.39 is 0 Å². The molecule has 0 aliphatic carbocycles. The zero-order valence-electron chi connectivity index (χ0n) is 14.6. The van der Waals surface area contributed by atoms with E-state index in [9.17, 15) is 9.59 Å². The van der Waals surface area contributed by atoms with E-state index in [0.29, 0.717) is 25.2 Å². The van der Waals surface area contributed by atoms with Gasteiger partial charge in [0.1, 0.15) is 0 Å². The van der Waals surface area contributed by atoms with Gasteiger partial charge in [0.25, 0.3) is 5.91 Å². The molecule has 6 nitrogen and oxygen atoms in total. The van der Waals surface area contributed by atoms with Gasteiger partial charge in [-0.05, 0) is 18.6 Å². The second-order valence-electron chi connectivity index (χ2n) is 6.03.